The zero-order chi connectivity index (χ0) is 22.6. The van der Waals surface area contributed by atoms with Gasteiger partial charge in [-0.25, -0.2) is 4.98 Å². The summed E-state index contributed by atoms with van der Waals surface area (Å²) in [6.45, 7) is 0. The molecule has 1 aromatic carbocycles. The molecule has 0 unspecified atom stereocenters. The molecule has 1 fully saturated rings. The second-order valence-corrected chi connectivity index (χ2v) is 7.46. The van der Waals surface area contributed by atoms with Gasteiger partial charge in [0.15, 0.2) is 5.69 Å². The minimum absolute atomic E-state index is 0.0803. The number of nitrogens with one attached hydrogen (secondary N) is 2. The van der Waals surface area contributed by atoms with Crippen LogP contribution in [-0.2, 0) is 6.18 Å². The largest absolute Gasteiger partial charge is 0.439 e. The number of aromatic nitrogens is 4. The van der Waals surface area contributed by atoms with Crippen LogP contribution in [0.4, 0.5) is 13.2 Å². The molecular formula is C22H20F3N5O2. The molecule has 0 aliphatic heterocycles. The van der Waals surface area contributed by atoms with Crippen molar-refractivity contribution in [3.63, 3.8) is 0 Å². The Morgan fingerprint density at radius 1 is 1.16 bits per heavy atom. The van der Waals surface area contributed by atoms with Crippen LogP contribution in [0.2, 0.25) is 0 Å². The maximum Gasteiger partial charge on any atom is 0.417 e. The Kier molecular flexibility index (Phi) is 6.20. The number of carbonyl (C=O) groups is 1. The van der Waals surface area contributed by atoms with Crippen molar-refractivity contribution in [3.05, 3.63) is 71.2 Å². The van der Waals surface area contributed by atoms with E-state index >= 15 is 0 Å². The number of rotatable bonds is 5. The van der Waals surface area contributed by atoms with E-state index in [4.69, 9.17) is 4.74 Å². The van der Waals surface area contributed by atoms with Crippen molar-refractivity contribution < 1.29 is 22.7 Å². The Morgan fingerprint density at radius 2 is 1.97 bits per heavy atom. The van der Waals surface area contributed by atoms with Gasteiger partial charge in [-0.1, -0.05) is 23.8 Å². The number of hydrogen-bond acceptors (Lipinski definition) is 5. The van der Waals surface area contributed by atoms with Gasteiger partial charge < -0.3 is 10.1 Å². The highest BCUT2D eigenvalue weighted by Crippen LogP contribution is 2.31. The highest BCUT2D eigenvalue weighted by molar-refractivity contribution is 5.92. The molecule has 1 amide bonds. The van der Waals surface area contributed by atoms with Gasteiger partial charge >= 0.3 is 6.18 Å². The molecule has 0 atom stereocenters. The summed E-state index contributed by atoms with van der Waals surface area (Å²) in [5.41, 5.74) is 1.62. The maximum atomic E-state index is 12.7. The minimum Gasteiger partial charge on any atom is -0.439 e. The van der Waals surface area contributed by atoms with Crippen LogP contribution in [0, 0.1) is 0 Å². The van der Waals surface area contributed by atoms with E-state index in [0.717, 1.165) is 43.5 Å². The van der Waals surface area contributed by atoms with E-state index in [1.165, 1.54) is 17.8 Å². The lowest BCUT2D eigenvalue weighted by molar-refractivity contribution is -0.137. The van der Waals surface area contributed by atoms with Crippen molar-refractivity contribution in [3.8, 4) is 11.6 Å². The van der Waals surface area contributed by atoms with Crippen molar-refractivity contribution >= 4 is 12.0 Å². The first-order valence-electron chi connectivity index (χ1n) is 10.0. The number of H-pyrrole nitrogens is 1. The fourth-order valence-corrected chi connectivity index (χ4v) is 3.48. The number of pyridine rings is 1. The van der Waals surface area contributed by atoms with Crippen LogP contribution in [-0.4, -0.2) is 32.3 Å². The molecule has 0 radical (unpaired) electrons. The van der Waals surface area contributed by atoms with Gasteiger partial charge in [-0.2, -0.15) is 28.6 Å². The Labute approximate surface area is 181 Å². The Hall–Kier alpha value is -3.69. The van der Waals surface area contributed by atoms with Crippen molar-refractivity contribution in [1.82, 2.24) is 25.7 Å². The number of alkyl halides is 3. The van der Waals surface area contributed by atoms with Gasteiger partial charge in [0.2, 0.25) is 5.88 Å². The van der Waals surface area contributed by atoms with Gasteiger partial charge in [-0.15, -0.1) is 0 Å². The van der Waals surface area contributed by atoms with Crippen LogP contribution >= 0.6 is 0 Å². The minimum atomic E-state index is -4.43. The van der Waals surface area contributed by atoms with E-state index in [0.29, 0.717) is 5.75 Å². The quantitative estimate of drug-likeness (QED) is 0.593. The first-order chi connectivity index (χ1) is 15.4. The number of benzene rings is 1. The lowest BCUT2D eigenvalue weighted by atomic mass is 9.89. The molecule has 1 aliphatic rings. The highest BCUT2D eigenvalue weighted by Gasteiger charge is 2.30. The van der Waals surface area contributed by atoms with Crippen LogP contribution < -0.4 is 10.1 Å². The van der Waals surface area contributed by atoms with E-state index in [9.17, 15) is 18.0 Å². The molecule has 32 heavy (non-hydrogen) atoms. The normalized spacial score (nSPS) is 16.5. The van der Waals surface area contributed by atoms with Crippen LogP contribution in [0.25, 0.3) is 6.08 Å². The lowest BCUT2D eigenvalue weighted by Gasteiger charge is -2.24. The van der Waals surface area contributed by atoms with Crippen LogP contribution in [0.15, 0.2) is 54.4 Å². The van der Waals surface area contributed by atoms with Crippen molar-refractivity contribution in [2.45, 2.75) is 37.9 Å². The van der Waals surface area contributed by atoms with Gasteiger partial charge in [0.1, 0.15) is 5.75 Å². The molecule has 2 N–H and O–H groups in total. The fraction of sp³-hybridized carbons (Fsp3) is 0.273. The van der Waals surface area contributed by atoms with E-state index in [1.54, 1.807) is 6.07 Å². The first-order valence-corrected chi connectivity index (χ1v) is 10.0. The number of halogens is 3. The molecule has 1 aliphatic carbocycles. The molecule has 2 heterocycles. The summed E-state index contributed by atoms with van der Waals surface area (Å²) in [6.07, 6.45) is 3.10. The standard InChI is InChI=1S/C22H20F3N5O2/c23-22(24,25)16-6-9-20(26-12-16)32-18-3-1-2-15(11-18)10-14-4-7-17(8-5-14)28-21(31)19-13-27-30-29-19/h1-3,6,9-13,17H,4-5,7-8H2,(H,28,31)(H,27,29,30). The van der Waals surface area contributed by atoms with E-state index < -0.39 is 11.7 Å². The molecule has 7 nitrogen and oxygen atoms in total. The second kappa shape index (κ2) is 9.21. The smallest absolute Gasteiger partial charge is 0.417 e. The highest BCUT2D eigenvalue weighted by atomic mass is 19.4. The molecule has 10 heteroatoms. The molecule has 4 rings (SSSR count). The second-order valence-electron chi connectivity index (χ2n) is 7.46. The zero-order valence-electron chi connectivity index (χ0n) is 16.9. The first kappa shape index (κ1) is 21.5. The third kappa shape index (κ3) is 5.51. The average Bonchev–Trinajstić information content (AvgIpc) is 3.30. The Bertz CT molecular complexity index is 1090. The van der Waals surface area contributed by atoms with Crippen molar-refractivity contribution in [2.75, 3.05) is 0 Å². The molecule has 0 spiro atoms. The van der Waals surface area contributed by atoms with Gasteiger partial charge in [-0.05, 0) is 49.4 Å². The lowest BCUT2D eigenvalue weighted by Crippen LogP contribution is -2.36. The summed E-state index contributed by atoms with van der Waals surface area (Å²) in [5.74, 6) is 0.337. The molecular weight excluding hydrogens is 423 g/mol. The van der Waals surface area contributed by atoms with E-state index in [2.05, 4.69) is 31.8 Å². The molecule has 0 saturated heterocycles. The van der Waals surface area contributed by atoms with Gasteiger partial charge in [0.25, 0.3) is 5.91 Å². The number of nitrogens with zero attached hydrogens (tertiary/aromatic N) is 3. The van der Waals surface area contributed by atoms with Crippen LogP contribution in [0.1, 0.15) is 47.3 Å². The summed E-state index contributed by atoms with van der Waals surface area (Å²) in [7, 11) is 0. The Balaban J connectivity index is 1.34. The van der Waals surface area contributed by atoms with Crippen LogP contribution in [0.5, 0.6) is 11.6 Å². The van der Waals surface area contributed by atoms with Gasteiger partial charge in [0.05, 0.1) is 11.8 Å². The molecule has 3 aromatic rings. The molecule has 1 saturated carbocycles. The summed E-state index contributed by atoms with van der Waals surface area (Å²) in [5, 5.41) is 12.8. The predicted molar refractivity (Wildman–Crippen MR) is 110 cm³/mol. The van der Waals surface area contributed by atoms with Crippen molar-refractivity contribution in [1.29, 1.82) is 0 Å². The fourth-order valence-electron chi connectivity index (χ4n) is 3.48. The van der Waals surface area contributed by atoms with Crippen molar-refractivity contribution in [2.24, 2.45) is 0 Å². The molecule has 2 aromatic heterocycles. The van der Waals surface area contributed by atoms with Crippen LogP contribution in [0.3, 0.4) is 0 Å². The number of hydrogen-bond donors (Lipinski definition) is 2. The summed E-state index contributed by atoms with van der Waals surface area (Å²) >= 11 is 0. The monoisotopic (exact) mass is 443 g/mol. The topological polar surface area (TPSA) is 92.8 Å². The molecule has 0 bridgehead atoms. The summed E-state index contributed by atoms with van der Waals surface area (Å²) in [4.78, 5) is 15.8. The Morgan fingerprint density at radius 3 is 2.62 bits per heavy atom. The van der Waals surface area contributed by atoms with Gasteiger partial charge in [-0.3, -0.25) is 4.79 Å². The number of ether oxygens (including phenoxy) is 1. The number of allylic oxidation sites excluding steroid dienone is 1. The van der Waals surface area contributed by atoms with Gasteiger partial charge in [0, 0.05) is 18.3 Å². The summed E-state index contributed by atoms with van der Waals surface area (Å²) in [6, 6.07) is 9.49. The number of aromatic amines is 1. The molecule has 166 valence electrons. The number of amides is 1. The SMILES string of the molecule is O=C(NC1CCC(=Cc2cccc(Oc3ccc(C(F)(F)F)cn3)c2)CC1)c1cn[nH]n1. The third-order valence-electron chi connectivity index (χ3n) is 5.13. The summed E-state index contributed by atoms with van der Waals surface area (Å²) < 4.78 is 43.6. The van der Waals surface area contributed by atoms with E-state index in [-0.39, 0.29) is 23.5 Å². The third-order valence-corrected chi connectivity index (χ3v) is 5.13. The number of carbonyl (C=O) groups excluding carboxylic acids is 1. The zero-order valence-corrected chi connectivity index (χ0v) is 16.9. The maximum absolute atomic E-state index is 12.7. The van der Waals surface area contributed by atoms with E-state index in [1.807, 2.05) is 18.2 Å². The predicted octanol–water partition coefficient (Wildman–Crippen LogP) is 4.77. The average molecular weight is 443 g/mol.